The molecule has 3 heteroatoms. The molecule has 0 aromatic carbocycles. The maximum atomic E-state index is 6.45. The zero-order valence-electron chi connectivity index (χ0n) is 12.3. The van der Waals surface area contributed by atoms with Crippen LogP contribution in [0.1, 0.15) is 46.5 Å². The molecule has 2 fully saturated rings. The lowest BCUT2D eigenvalue weighted by Gasteiger charge is -2.44. The summed E-state index contributed by atoms with van der Waals surface area (Å²) < 4.78 is 5.88. The monoisotopic (exact) mass is 254 g/mol. The van der Waals surface area contributed by atoms with Crippen LogP contribution in [-0.4, -0.2) is 42.8 Å². The summed E-state index contributed by atoms with van der Waals surface area (Å²) in [5.41, 5.74) is 6.45. The lowest BCUT2D eigenvalue weighted by molar-refractivity contribution is 0.0248. The van der Waals surface area contributed by atoms with E-state index < -0.39 is 0 Å². The van der Waals surface area contributed by atoms with Crippen molar-refractivity contribution in [1.29, 1.82) is 0 Å². The van der Waals surface area contributed by atoms with Gasteiger partial charge in [0.1, 0.15) is 0 Å². The fourth-order valence-corrected chi connectivity index (χ4v) is 3.97. The van der Waals surface area contributed by atoms with E-state index in [0.29, 0.717) is 18.2 Å². The molecular weight excluding hydrogens is 224 g/mol. The van der Waals surface area contributed by atoms with Crippen molar-refractivity contribution in [1.82, 2.24) is 4.90 Å². The Hall–Kier alpha value is -0.120. The number of hydrogen-bond donors (Lipinski definition) is 1. The SMILES string of the molecule is CCC1CN(C2C(C)CC(C)CC2N)CCCO1. The van der Waals surface area contributed by atoms with E-state index in [1.165, 1.54) is 12.8 Å². The second kappa shape index (κ2) is 6.36. The van der Waals surface area contributed by atoms with Gasteiger partial charge in [-0.05, 0) is 37.5 Å². The van der Waals surface area contributed by atoms with Crippen molar-refractivity contribution in [2.75, 3.05) is 19.7 Å². The Morgan fingerprint density at radius 3 is 2.72 bits per heavy atom. The Labute approximate surface area is 112 Å². The molecule has 5 atom stereocenters. The minimum atomic E-state index is 0.347. The highest BCUT2D eigenvalue weighted by molar-refractivity contribution is 4.93. The summed E-state index contributed by atoms with van der Waals surface area (Å²) in [6.45, 7) is 10.1. The van der Waals surface area contributed by atoms with E-state index in [4.69, 9.17) is 10.5 Å². The van der Waals surface area contributed by atoms with Crippen LogP contribution in [0.2, 0.25) is 0 Å². The first-order valence-electron chi connectivity index (χ1n) is 7.73. The molecular formula is C15H30N2O. The van der Waals surface area contributed by atoms with E-state index in [2.05, 4.69) is 25.7 Å². The fraction of sp³-hybridized carbons (Fsp3) is 1.00. The molecule has 106 valence electrons. The van der Waals surface area contributed by atoms with Crippen LogP contribution >= 0.6 is 0 Å². The van der Waals surface area contributed by atoms with Gasteiger partial charge in [0.25, 0.3) is 0 Å². The Kier molecular flexibility index (Phi) is 5.05. The molecule has 5 unspecified atom stereocenters. The second-order valence-corrected chi connectivity index (χ2v) is 6.46. The average Bonchev–Trinajstić information content (AvgIpc) is 2.53. The Balaban J connectivity index is 2.03. The molecule has 1 saturated heterocycles. The summed E-state index contributed by atoms with van der Waals surface area (Å²) >= 11 is 0. The molecule has 0 aromatic rings. The van der Waals surface area contributed by atoms with Gasteiger partial charge in [-0.15, -0.1) is 0 Å². The first kappa shape index (κ1) is 14.3. The number of rotatable bonds is 2. The summed E-state index contributed by atoms with van der Waals surface area (Å²) in [5, 5.41) is 0. The molecule has 0 radical (unpaired) electrons. The quantitative estimate of drug-likeness (QED) is 0.821. The van der Waals surface area contributed by atoms with E-state index in [-0.39, 0.29) is 0 Å². The normalized spacial score (nSPS) is 43.7. The van der Waals surface area contributed by atoms with Gasteiger partial charge in [0.05, 0.1) is 6.10 Å². The maximum Gasteiger partial charge on any atom is 0.0699 e. The Morgan fingerprint density at radius 1 is 1.28 bits per heavy atom. The van der Waals surface area contributed by atoms with Crippen molar-refractivity contribution in [2.45, 2.75) is 64.6 Å². The highest BCUT2D eigenvalue weighted by Gasteiger charge is 2.36. The molecule has 0 spiro atoms. The van der Waals surface area contributed by atoms with E-state index in [9.17, 15) is 0 Å². The lowest BCUT2D eigenvalue weighted by Crippen LogP contribution is -2.56. The minimum absolute atomic E-state index is 0.347. The smallest absolute Gasteiger partial charge is 0.0699 e. The van der Waals surface area contributed by atoms with Crippen LogP contribution in [0.5, 0.6) is 0 Å². The van der Waals surface area contributed by atoms with E-state index >= 15 is 0 Å². The van der Waals surface area contributed by atoms with Gasteiger partial charge < -0.3 is 10.5 Å². The lowest BCUT2D eigenvalue weighted by atomic mass is 9.76. The zero-order valence-corrected chi connectivity index (χ0v) is 12.3. The van der Waals surface area contributed by atoms with Crippen molar-refractivity contribution in [2.24, 2.45) is 17.6 Å². The van der Waals surface area contributed by atoms with Crippen molar-refractivity contribution < 1.29 is 4.74 Å². The molecule has 1 aliphatic carbocycles. The molecule has 0 bridgehead atoms. The van der Waals surface area contributed by atoms with Crippen LogP contribution in [0.25, 0.3) is 0 Å². The van der Waals surface area contributed by atoms with Crippen LogP contribution in [0.3, 0.4) is 0 Å². The van der Waals surface area contributed by atoms with Crippen LogP contribution in [-0.2, 0) is 4.74 Å². The van der Waals surface area contributed by atoms with E-state index in [1.54, 1.807) is 0 Å². The summed E-state index contributed by atoms with van der Waals surface area (Å²) in [4.78, 5) is 2.63. The summed E-state index contributed by atoms with van der Waals surface area (Å²) in [6.07, 6.45) is 5.19. The third-order valence-electron chi connectivity index (χ3n) is 4.73. The molecule has 1 heterocycles. The van der Waals surface area contributed by atoms with Gasteiger partial charge in [-0.2, -0.15) is 0 Å². The summed E-state index contributed by atoms with van der Waals surface area (Å²) in [7, 11) is 0. The minimum Gasteiger partial charge on any atom is -0.377 e. The predicted octanol–water partition coefficient (Wildman–Crippen LogP) is 2.25. The molecule has 2 rings (SSSR count). The van der Waals surface area contributed by atoms with Crippen LogP contribution in [0.15, 0.2) is 0 Å². The fourth-order valence-electron chi connectivity index (χ4n) is 3.97. The zero-order chi connectivity index (χ0) is 13.1. The standard InChI is InChI=1S/C15H30N2O/c1-4-13-10-17(6-5-7-18-13)15-12(3)8-11(2)9-14(15)16/h11-15H,4-10,16H2,1-3H3. The van der Waals surface area contributed by atoms with Gasteiger partial charge in [0.15, 0.2) is 0 Å². The van der Waals surface area contributed by atoms with Crippen LogP contribution in [0.4, 0.5) is 0 Å². The third kappa shape index (κ3) is 3.25. The number of hydrogen-bond acceptors (Lipinski definition) is 3. The molecule has 0 amide bonds. The van der Waals surface area contributed by atoms with Gasteiger partial charge in [-0.3, -0.25) is 4.90 Å². The van der Waals surface area contributed by atoms with Crippen LogP contribution in [0, 0.1) is 11.8 Å². The molecule has 3 nitrogen and oxygen atoms in total. The van der Waals surface area contributed by atoms with E-state index in [0.717, 1.165) is 44.4 Å². The summed E-state index contributed by atoms with van der Waals surface area (Å²) in [6, 6.07) is 0.913. The van der Waals surface area contributed by atoms with E-state index in [1.807, 2.05) is 0 Å². The topological polar surface area (TPSA) is 38.5 Å². The predicted molar refractivity (Wildman–Crippen MR) is 75.5 cm³/mol. The molecule has 1 saturated carbocycles. The highest BCUT2D eigenvalue weighted by atomic mass is 16.5. The number of nitrogens with two attached hydrogens (primary N) is 1. The van der Waals surface area contributed by atoms with Gasteiger partial charge >= 0.3 is 0 Å². The summed E-state index contributed by atoms with van der Waals surface area (Å²) in [5.74, 6) is 1.51. The number of nitrogens with zero attached hydrogens (tertiary/aromatic N) is 1. The van der Waals surface area contributed by atoms with Gasteiger partial charge in [0, 0.05) is 31.8 Å². The molecule has 1 aliphatic heterocycles. The second-order valence-electron chi connectivity index (χ2n) is 6.46. The van der Waals surface area contributed by atoms with Crippen molar-refractivity contribution >= 4 is 0 Å². The first-order chi connectivity index (χ1) is 8.61. The average molecular weight is 254 g/mol. The molecule has 2 N–H and O–H groups in total. The third-order valence-corrected chi connectivity index (χ3v) is 4.73. The van der Waals surface area contributed by atoms with Gasteiger partial charge in [0.2, 0.25) is 0 Å². The van der Waals surface area contributed by atoms with Crippen molar-refractivity contribution in [3.63, 3.8) is 0 Å². The van der Waals surface area contributed by atoms with Crippen molar-refractivity contribution in [3.8, 4) is 0 Å². The maximum absolute atomic E-state index is 6.45. The number of ether oxygens (including phenoxy) is 1. The van der Waals surface area contributed by atoms with Crippen LogP contribution < -0.4 is 5.73 Å². The Bertz CT molecular complexity index is 247. The Morgan fingerprint density at radius 2 is 2.06 bits per heavy atom. The molecule has 0 aromatic heterocycles. The van der Waals surface area contributed by atoms with Crippen molar-refractivity contribution in [3.05, 3.63) is 0 Å². The highest BCUT2D eigenvalue weighted by Crippen LogP contribution is 2.32. The molecule has 18 heavy (non-hydrogen) atoms. The molecule has 2 aliphatic rings. The van der Waals surface area contributed by atoms with Gasteiger partial charge in [-0.1, -0.05) is 20.8 Å². The largest absolute Gasteiger partial charge is 0.377 e. The first-order valence-corrected chi connectivity index (χ1v) is 7.73. The van der Waals surface area contributed by atoms with Gasteiger partial charge in [-0.25, -0.2) is 0 Å².